The summed E-state index contributed by atoms with van der Waals surface area (Å²) >= 11 is 0. The lowest BCUT2D eigenvalue weighted by molar-refractivity contribution is 0.102. The van der Waals surface area contributed by atoms with Crippen molar-refractivity contribution in [2.24, 2.45) is 0 Å². The molecule has 0 atom stereocenters. The molecule has 27 heavy (non-hydrogen) atoms. The maximum atomic E-state index is 13.0. The minimum atomic E-state index is -0.229. The van der Waals surface area contributed by atoms with Crippen LogP contribution < -0.4 is 10.1 Å². The number of rotatable bonds is 4. The number of amides is 1. The van der Waals surface area contributed by atoms with Crippen molar-refractivity contribution in [3.8, 4) is 11.5 Å². The summed E-state index contributed by atoms with van der Waals surface area (Å²) in [6.45, 7) is 3.84. The number of nitrogens with one attached hydrogen (secondary N) is 1. The number of hydrogen-bond acceptors (Lipinski definition) is 3. The number of benzene rings is 2. The van der Waals surface area contributed by atoms with Crippen LogP contribution in [0.1, 0.15) is 21.7 Å². The normalized spacial score (nSPS) is 10.7. The van der Waals surface area contributed by atoms with Gasteiger partial charge in [0, 0.05) is 6.20 Å². The summed E-state index contributed by atoms with van der Waals surface area (Å²) < 4.78 is 7.73. The third-order valence-electron chi connectivity index (χ3n) is 4.28. The molecule has 5 heteroatoms. The van der Waals surface area contributed by atoms with E-state index >= 15 is 0 Å². The smallest absolute Gasteiger partial charge is 0.274 e. The summed E-state index contributed by atoms with van der Waals surface area (Å²) in [5.74, 6) is 1.06. The Kier molecular flexibility index (Phi) is 4.34. The zero-order valence-electron chi connectivity index (χ0n) is 15.1. The predicted octanol–water partition coefficient (Wildman–Crippen LogP) is 5.00. The Morgan fingerprint density at radius 1 is 1.00 bits per heavy atom. The molecule has 0 saturated heterocycles. The highest BCUT2D eigenvalue weighted by molar-refractivity contribution is 6.05. The first kappa shape index (κ1) is 16.8. The first-order chi connectivity index (χ1) is 13.1. The molecule has 0 aliphatic carbocycles. The Hall–Kier alpha value is -3.60. The van der Waals surface area contributed by atoms with Crippen molar-refractivity contribution in [1.29, 1.82) is 0 Å². The average molecular weight is 357 g/mol. The van der Waals surface area contributed by atoms with Crippen LogP contribution in [0.25, 0.3) is 5.65 Å². The van der Waals surface area contributed by atoms with E-state index in [2.05, 4.69) is 10.3 Å². The Bertz CT molecular complexity index is 1120. The number of anilines is 1. The van der Waals surface area contributed by atoms with E-state index < -0.39 is 0 Å². The van der Waals surface area contributed by atoms with E-state index in [4.69, 9.17) is 4.74 Å². The monoisotopic (exact) mass is 357 g/mol. The van der Waals surface area contributed by atoms with Gasteiger partial charge in [-0.3, -0.25) is 9.20 Å². The number of aryl methyl sites for hydroxylation is 2. The van der Waals surface area contributed by atoms with E-state index in [1.165, 1.54) is 0 Å². The van der Waals surface area contributed by atoms with Gasteiger partial charge in [-0.25, -0.2) is 4.98 Å². The molecule has 2 aromatic carbocycles. The van der Waals surface area contributed by atoms with E-state index in [1.54, 1.807) is 4.40 Å². The first-order valence-corrected chi connectivity index (χ1v) is 8.70. The molecule has 1 N–H and O–H groups in total. The summed E-state index contributed by atoms with van der Waals surface area (Å²) in [7, 11) is 0. The summed E-state index contributed by atoms with van der Waals surface area (Å²) in [6.07, 6.45) is 1.87. The number of carbonyl (C=O) groups excluding carboxylic acids is 1. The van der Waals surface area contributed by atoms with Crippen LogP contribution in [-0.2, 0) is 0 Å². The molecule has 0 aliphatic rings. The van der Waals surface area contributed by atoms with Gasteiger partial charge >= 0.3 is 0 Å². The van der Waals surface area contributed by atoms with E-state index in [0.29, 0.717) is 28.6 Å². The van der Waals surface area contributed by atoms with Gasteiger partial charge in [-0.2, -0.15) is 0 Å². The van der Waals surface area contributed by atoms with Gasteiger partial charge < -0.3 is 10.1 Å². The zero-order chi connectivity index (χ0) is 18.8. The number of aromatic nitrogens is 2. The lowest BCUT2D eigenvalue weighted by Crippen LogP contribution is -2.16. The fourth-order valence-electron chi connectivity index (χ4n) is 2.99. The van der Waals surface area contributed by atoms with E-state index in [1.807, 2.05) is 86.8 Å². The topological polar surface area (TPSA) is 55.6 Å². The largest absolute Gasteiger partial charge is 0.455 e. The van der Waals surface area contributed by atoms with Crippen LogP contribution in [0.5, 0.6) is 11.5 Å². The third-order valence-corrected chi connectivity index (χ3v) is 4.28. The number of hydrogen-bond donors (Lipinski definition) is 1. The molecular weight excluding hydrogens is 338 g/mol. The Morgan fingerprint density at radius 3 is 2.56 bits per heavy atom. The average Bonchev–Trinajstić information content (AvgIpc) is 2.99. The number of imidazole rings is 1. The van der Waals surface area contributed by atoms with Gasteiger partial charge in [0.1, 0.15) is 17.1 Å². The molecule has 0 bridgehead atoms. The fourth-order valence-corrected chi connectivity index (χ4v) is 2.99. The van der Waals surface area contributed by atoms with Gasteiger partial charge in [-0.05, 0) is 55.8 Å². The first-order valence-electron chi connectivity index (χ1n) is 8.70. The molecule has 0 unspecified atom stereocenters. The van der Waals surface area contributed by atoms with Gasteiger partial charge in [-0.15, -0.1) is 0 Å². The maximum absolute atomic E-state index is 13.0. The van der Waals surface area contributed by atoms with Gasteiger partial charge in [-0.1, -0.05) is 30.3 Å². The Balaban J connectivity index is 1.65. The second kappa shape index (κ2) is 6.96. The van der Waals surface area contributed by atoms with Gasteiger partial charge in [0.2, 0.25) is 0 Å². The van der Waals surface area contributed by atoms with Crippen LogP contribution in [-0.4, -0.2) is 15.3 Å². The molecule has 0 spiro atoms. The van der Waals surface area contributed by atoms with Crippen molar-refractivity contribution >= 4 is 17.2 Å². The molecule has 0 saturated carbocycles. The molecule has 0 fully saturated rings. The quantitative estimate of drug-likeness (QED) is 0.559. The van der Waals surface area contributed by atoms with Gasteiger partial charge in [0.15, 0.2) is 5.75 Å². The molecule has 1 amide bonds. The number of ether oxygens (including phenoxy) is 1. The van der Waals surface area contributed by atoms with Crippen molar-refractivity contribution in [3.63, 3.8) is 0 Å². The molecular formula is C22H19N3O2. The highest BCUT2D eigenvalue weighted by Crippen LogP contribution is 2.29. The Labute approximate surface area is 157 Å². The Morgan fingerprint density at radius 2 is 1.74 bits per heavy atom. The van der Waals surface area contributed by atoms with Crippen LogP contribution in [0, 0.1) is 13.8 Å². The molecule has 4 aromatic rings. The fraction of sp³-hybridized carbons (Fsp3) is 0.0909. The van der Waals surface area contributed by atoms with Crippen molar-refractivity contribution in [2.45, 2.75) is 13.8 Å². The van der Waals surface area contributed by atoms with Crippen molar-refractivity contribution in [3.05, 3.63) is 89.9 Å². The molecule has 134 valence electrons. The lowest BCUT2D eigenvalue weighted by Gasteiger charge is -2.12. The van der Waals surface area contributed by atoms with Gasteiger partial charge in [0.05, 0.1) is 11.4 Å². The second-order valence-corrected chi connectivity index (χ2v) is 6.34. The highest BCUT2D eigenvalue weighted by atomic mass is 16.5. The van der Waals surface area contributed by atoms with Crippen LogP contribution in [0.2, 0.25) is 0 Å². The molecule has 2 aromatic heterocycles. The molecule has 0 radical (unpaired) electrons. The predicted molar refractivity (Wildman–Crippen MR) is 106 cm³/mol. The molecule has 2 heterocycles. The minimum absolute atomic E-state index is 0.229. The van der Waals surface area contributed by atoms with E-state index in [9.17, 15) is 4.79 Å². The van der Waals surface area contributed by atoms with Gasteiger partial charge in [0.25, 0.3) is 5.91 Å². The maximum Gasteiger partial charge on any atom is 0.274 e. The number of nitrogens with zero attached hydrogens (tertiary/aromatic N) is 2. The lowest BCUT2D eigenvalue weighted by atomic mass is 10.2. The van der Waals surface area contributed by atoms with Crippen LogP contribution in [0.3, 0.4) is 0 Å². The van der Waals surface area contributed by atoms with Crippen LogP contribution >= 0.6 is 0 Å². The van der Waals surface area contributed by atoms with Crippen LogP contribution in [0.15, 0.2) is 72.9 Å². The molecule has 4 rings (SSSR count). The zero-order valence-corrected chi connectivity index (χ0v) is 15.1. The van der Waals surface area contributed by atoms with E-state index in [-0.39, 0.29) is 5.91 Å². The van der Waals surface area contributed by atoms with Crippen LogP contribution in [0.4, 0.5) is 5.69 Å². The van der Waals surface area contributed by atoms with E-state index in [0.717, 1.165) is 11.2 Å². The summed E-state index contributed by atoms with van der Waals surface area (Å²) in [6, 6.07) is 20.8. The minimum Gasteiger partial charge on any atom is -0.455 e. The number of para-hydroxylation sites is 3. The van der Waals surface area contributed by atoms with Crippen molar-refractivity contribution < 1.29 is 9.53 Å². The third kappa shape index (κ3) is 3.40. The summed E-state index contributed by atoms with van der Waals surface area (Å²) in [5, 5.41) is 2.96. The molecule has 5 nitrogen and oxygen atoms in total. The SMILES string of the molecule is Cc1ccn2c(C(=O)Nc3ccccc3Oc3ccccc3)c(C)nc2c1. The number of fused-ring (bicyclic) bond motifs is 1. The number of carbonyl (C=O) groups is 1. The highest BCUT2D eigenvalue weighted by Gasteiger charge is 2.18. The standard InChI is InChI=1S/C22H19N3O2/c1-15-12-13-25-20(14-15)23-16(2)21(25)22(26)24-18-10-6-7-11-19(18)27-17-8-4-3-5-9-17/h3-14H,1-2H3,(H,24,26). The molecule has 0 aliphatic heterocycles. The second-order valence-electron chi connectivity index (χ2n) is 6.34. The summed E-state index contributed by atoms with van der Waals surface area (Å²) in [5.41, 5.74) is 3.65. The number of pyridine rings is 1. The van der Waals surface area contributed by atoms with Crippen molar-refractivity contribution in [1.82, 2.24) is 9.38 Å². The van der Waals surface area contributed by atoms with Crippen molar-refractivity contribution in [2.75, 3.05) is 5.32 Å². The summed E-state index contributed by atoms with van der Waals surface area (Å²) in [4.78, 5) is 17.5.